The van der Waals surface area contributed by atoms with E-state index in [2.05, 4.69) is 38.8 Å². The average Bonchev–Trinajstić information content (AvgIpc) is 2.40. The molecule has 1 aliphatic rings. The van der Waals surface area contributed by atoms with E-state index in [-0.39, 0.29) is 6.04 Å². The van der Waals surface area contributed by atoms with Gasteiger partial charge in [0.05, 0.1) is 0 Å². The molecule has 3 atom stereocenters. The molecule has 2 rings (SSSR count). The summed E-state index contributed by atoms with van der Waals surface area (Å²) < 4.78 is 0. The number of nitrogens with zero attached hydrogens (tertiary/aromatic N) is 1. The van der Waals surface area contributed by atoms with Crippen molar-refractivity contribution in [3.8, 4) is 5.75 Å². The third-order valence-corrected chi connectivity index (χ3v) is 4.73. The molecule has 1 fully saturated rings. The van der Waals surface area contributed by atoms with Crippen molar-refractivity contribution in [2.45, 2.75) is 58.5 Å². The van der Waals surface area contributed by atoms with Gasteiger partial charge < -0.3 is 5.11 Å². The average molecular weight is 261 g/mol. The number of aryl methyl sites for hydroxylation is 1. The second-order valence-electron chi connectivity index (χ2n) is 6.33. The summed E-state index contributed by atoms with van der Waals surface area (Å²) in [4.78, 5) is 2.45. The van der Waals surface area contributed by atoms with E-state index >= 15 is 0 Å². The zero-order valence-corrected chi connectivity index (χ0v) is 12.7. The Balaban J connectivity index is 2.13. The molecule has 0 saturated heterocycles. The van der Waals surface area contributed by atoms with Crippen LogP contribution in [-0.4, -0.2) is 23.1 Å². The Kier molecular flexibility index (Phi) is 4.51. The lowest BCUT2D eigenvalue weighted by atomic mass is 9.85. The number of hydrogen-bond donors (Lipinski definition) is 1. The van der Waals surface area contributed by atoms with E-state index < -0.39 is 0 Å². The van der Waals surface area contributed by atoms with Crippen LogP contribution in [0.4, 0.5) is 0 Å². The number of hydrogen-bond acceptors (Lipinski definition) is 2. The van der Waals surface area contributed by atoms with E-state index in [9.17, 15) is 5.11 Å². The van der Waals surface area contributed by atoms with Crippen LogP contribution >= 0.6 is 0 Å². The van der Waals surface area contributed by atoms with Gasteiger partial charge in [0.25, 0.3) is 0 Å². The molecular formula is C17H27NO. The van der Waals surface area contributed by atoms with Crippen LogP contribution in [0.3, 0.4) is 0 Å². The van der Waals surface area contributed by atoms with Crippen molar-refractivity contribution in [2.24, 2.45) is 5.92 Å². The first kappa shape index (κ1) is 14.4. The molecule has 1 N–H and O–H groups in total. The summed E-state index contributed by atoms with van der Waals surface area (Å²) in [7, 11) is 2.20. The molecule has 0 aromatic heterocycles. The first-order valence-electron chi connectivity index (χ1n) is 7.50. The van der Waals surface area contributed by atoms with Crippen molar-refractivity contribution in [2.75, 3.05) is 7.05 Å². The minimum absolute atomic E-state index is 0.273. The van der Waals surface area contributed by atoms with Crippen molar-refractivity contribution in [3.05, 3.63) is 29.3 Å². The largest absolute Gasteiger partial charge is 0.508 e. The lowest BCUT2D eigenvalue weighted by Crippen LogP contribution is -2.37. The van der Waals surface area contributed by atoms with E-state index in [0.717, 1.165) is 11.5 Å². The van der Waals surface area contributed by atoms with E-state index in [4.69, 9.17) is 0 Å². The standard InChI is InChI=1S/C17H27NO/c1-12-6-5-7-15(10-12)18(4)14(3)16-11-13(2)8-9-17(16)19/h8-9,11-12,14-15,19H,5-7,10H2,1-4H3. The number of benzene rings is 1. The molecule has 1 aromatic rings. The third kappa shape index (κ3) is 3.30. The predicted octanol–water partition coefficient (Wildman–Crippen LogP) is 4.27. The molecule has 0 amide bonds. The molecular weight excluding hydrogens is 234 g/mol. The van der Waals surface area contributed by atoms with Crippen LogP contribution in [0.15, 0.2) is 18.2 Å². The molecule has 0 heterocycles. The van der Waals surface area contributed by atoms with Gasteiger partial charge in [-0.2, -0.15) is 0 Å². The van der Waals surface area contributed by atoms with Gasteiger partial charge in [0.15, 0.2) is 0 Å². The highest BCUT2D eigenvalue weighted by Crippen LogP contribution is 2.34. The normalized spacial score (nSPS) is 25.5. The molecule has 2 nitrogen and oxygen atoms in total. The van der Waals surface area contributed by atoms with Crippen LogP contribution in [0, 0.1) is 12.8 Å². The van der Waals surface area contributed by atoms with E-state index in [1.165, 1.54) is 31.2 Å². The van der Waals surface area contributed by atoms with Gasteiger partial charge in [0.1, 0.15) is 5.75 Å². The molecule has 106 valence electrons. The fourth-order valence-electron chi connectivity index (χ4n) is 3.32. The molecule has 1 aliphatic carbocycles. The maximum atomic E-state index is 10.1. The Labute approximate surface area is 117 Å². The van der Waals surface area contributed by atoms with E-state index in [0.29, 0.717) is 11.8 Å². The zero-order chi connectivity index (χ0) is 14.0. The Morgan fingerprint density at radius 1 is 1.32 bits per heavy atom. The Hall–Kier alpha value is -1.02. The van der Waals surface area contributed by atoms with Gasteiger partial charge in [-0.25, -0.2) is 0 Å². The summed E-state index contributed by atoms with van der Waals surface area (Å²) in [5.41, 5.74) is 2.27. The number of aromatic hydroxyl groups is 1. The summed E-state index contributed by atoms with van der Waals surface area (Å²) in [6, 6.07) is 6.82. The third-order valence-electron chi connectivity index (χ3n) is 4.73. The summed E-state index contributed by atoms with van der Waals surface area (Å²) in [5.74, 6) is 1.26. The molecule has 19 heavy (non-hydrogen) atoms. The molecule has 0 aliphatic heterocycles. The first-order chi connectivity index (χ1) is 8.99. The molecule has 0 bridgehead atoms. The monoisotopic (exact) mass is 261 g/mol. The zero-order valence-electron chi connectivity index (χ0n) is 12.7. The second-order valence-corrected chi connectivity index (χ2v) is 6.33. The summed E-state index contributed by atoms with van der Waals surface area (Å²) in [6.45, 7) is 6.64. The first-order valence-corrected chi connectivity index (χ1v) is 7.50. The smallest absolute Gasteiger partial charge is 0.120 e. The van der Waals surface area contributed by atoms with Crippen LogP contribution in [0.1, 0.15) is 56.7 Å². The highest BCUT2D eigenvalue weighted by atomic mass is 16.3. The highest BCUT2D eigenvalue weighted by Gasteiger charge is 2.26. The minimum Gasteiger partial charge on any atom is -0.508 e. The van der Waals surface area contributed by atoms with Crippen LogP contribution in [-0.2, 0) is 0 Å². The lowest BCUT2D eigenvalue weighted by Gasteiger charge is -2.38. The van der Waals surface area contributed by atoms with E-state index in [1.54, 1.807) is 0 Å². The molecule has 1 saturated carbocycles. The SMILES string of the molecule is Cc1ccc(O)c(C(C)N(C)C2CCCC(C)C2)c1. The fourth-order valence-corrected chi connectivity index (χ4v) is 3.32. The summed E-state index contributed by atoms with van der Waals surface area (Å²) in [5, 5.41) is 10.1. The van der Waals surface area contributed by atoms with Crippen molar-refractivity contribution >= 4 is 0 Å². The Morgan fingerprint density at radius 2 is 2.05 bits per heavy atom. The lowest BCUT2D eigenvalue weighted by molar-refractivity contribution is 0.124. The van der Waals surface area contributed by atoms with Crippen molar-refractivity contribution < 1.29 is 5.11 Å². The van der Waals surface area contributed by atoms with Gasteiger partial charge >= 0.3 is 0 Å². The van der Waals surface area contributed by atoms with Gasteiger partial charge in [-0.15, -0.1) is 0 Å². The van der Waals surface area contributed by atoms with Gasteiger partial charge in [-0.1, -0.05) is 37.5 Å². The van der Waals surface area contributed by atoms with Gasteiger partial charge in [-0.3, -0.25) is 4.90 Å². The van der Waals surface area contributed by atoms with Gasteiger partial charge in [0.2, 0.25) is 0 Å². The molecule has 0 radical (unpaired) electrons. The highest BCUT2D eigenvalue weighted by molar-refractivity contribution is 5.37. The maximum absolute atomic E-state index is 10.1. The molecule has 3 unspecified atom stereocenters. The molecule has 0 spiro atoms. The van der Waals surface area contributed by atoms with Gasteiger partial charge in [0, 0.05) is 17.6 Å². The quantitative estimate of drug-likeness (QED) is 0.878. The maximum Gasteiger partial charge on any atom is 0.120 e. The predicted molar refractivity (Wildman–Crippen MR) is 80.4 cm³/mol. The number of phenolic OH excluding ortho intramolecular Hbond substituents is 1. The van der Waals surface area contributed by atoms with Crippen molar-refractivity contribution in [1.82, 2.24) is 4.90 Å². The Morgan fingerprint density at radius 3 is 2.74 bits per heavy atom. The number of phenols is 1. The molecule has 2 heteroatoms. The van der Waals surface area contributed by atoms with Crippen LogP contribution in [0.2, 0.25) is 0 Å². The van der Waals surface area contributed by atoms with Crippen LogP contribution in [0.25, 0.3) is 0 Å². The molecule has 1 aromatic carbocycles. The summed E-state index contributed by atoms with van der Waals surface area (Å²) >= 11 is 0. The topological polar surface area (TPSA) is 23.5 Å². The van der Waals surface area contributed by atoms with Crippen LogP contribution in [0.5, 0.6) is 5.75 Å². The number of rotatable bonds is 3. The second kappa shape index (κ2) is 5.96. The fraction of sp³-hybridized carbons (Fsp3) is 0.647. The van der Waals surface area contributed by atoms with Crippen molar-refractivity contribution in [3.63, 3.8) is 0 Å². The van der Waals surface area contributed by atoms with Crippen LogP contribution < -0.4 is 0 Å². The minimum atomic E-state index is 0.273. The van der Waals surface area contributed by atoms with Gasteiger partial charge in [-0.05, 0) is 45.7 Å². The van der Waals surface area contributed by atoms with Crippen molar-refractivity contribution in [1.29, 1.82) is 0 Å². The summed E-state index contributed by atoms with van der Waals surface area (Å²) in [6.07, 6.45) is 5.28. The van der Waals surface area contributed by atoms with E-state index in [1.807, 2.05) is 12.1 Å². The Bertz CT molecular complexity index is 429.